The third-order valence-corrected chi connectivity index (χ3v) is 1.60. The molecule has 0 fully saturated rings. The van der Waals surface area contributed by atoms with Gasteiger partial charge in [-0.25, -0.2) is 0 Å². The van der Waals surface area contributed by atoms with Crippen molar-refractivity contribution < 1.29 is 0 Å². The first-order chi connectivity index (χ1) is 6.18. The second-order valence-electron chi connectivity index (χ2n) is 3.02. The summed E-state index contributed by atoms with van der Waals surface area (Å²) in [6.45, 7) is 1.21. The Balaban J connectivity index is 2.45. The summed E-state index contributed by atoms with van der Waals surface area (Å²) in [5.74, 6) is 0.179. The molecule has 70 valence electrons. The fourth-order valence-corrected chi connectivity index (χ4v) is 1.11. The molecule has 13 heavy (non-hydrogen) atoms. The molecule has 0 aliphatic rings. The summed E-state index contributed by atoms with van der Waals surface area (Å²) in [6.07, 6.45) is 1.76. The molecule has 0 saturated heterocycles. The van der Waals surface area contributed by atoms with Gasteiger partial charge in [-0.05, 0) is 19.2 Å². The average molecular weight is 178 g/mol. The van der Waals surface area contributed by atoms with Crippen molar-refractivity contribution in [1.29, 1.82) is 5.41 Å². The summed E-state index contributed by atoms with van der Waals surface area (Å²) in [6, 6.07) is 5.79. The minimum Gasteiger partial charge on any atom is -0.387 e. The Kier molecular flexibility index (Phi) is 3.40. The van der Waals surface area contributed by atoms with Crippen molar-refractivity contribution in [2.75, 3.05) is 13.6 Å². The highest BCUT2D eigenvalue weighted by Crippen LogP contribution is 1.97. The molecule has 0 aliphatic carbocycles. The Morgan fingerprint density at radius 2 is 2.38 bits per heavy atom. The van der Waals surface area contributed by atoms with Gasteiger partial charge in [-0.15, -0.1) is 0 Å². The van der Waals surface area contributed by atoms with E-state index < -0.39 is 0 Å². The van der Waals surface area contributed by atoms with Crippen LogP contribution in [-0.2, 0) is 6.54 Å². The first kappa shape index (κ1) is 9.67. The number of nitrogens with two attached hydrogens (primary N) is 1. The molecule has 1 aromatic rings. The lowest BCUT2D eigenvalue weighted by molar-refractivity contribution is 0.367. The lowest BCUT2D eigenvalue weighted by Crippen LogP contribution is -2.29. The van der Waals surface area contributed by atoms with E-state index in [1.165, 1.54) is 0 Å². The molecule has 4 heteroatoms. The van der Waals surface area contributed by atoms with Crippen LogP contribution in [0.5, 0.6) is 0 Å². The van der Waals surface area contributed by atoms with Crippen LogP contribution in [0.4, 0.5) is 0 Å². The fourth-order valence-electron chi connectivity index (χ4n) is 1.11. The van der Waals surface area contributed by atoms with Crippen molar-refractivity contribution in [3.63, 3.8) is 0 Å². The van der Waals surface area contributed by atoms with Gasteiger partial charge >= 0.3 is 0 Å². The monoisotopic (exact) mass is 178 g/mol. The van der Waals surface area contributed by atoms with Crippen LogP contribution >= 0.6 is 0 Å². The molecule has 0 atom stereocenters. The molecule has 1 aromatic heterocycles. The Morgan fingerprint density at radius 3 is 2.92 bits per heavy atom. The van der Waals surface area contributed by atoms with E-state index in [-0.39, 0.29) is 5.84 Å². The van der Waals surface area contributed by atoms with Crippen LogP contribution < -0.4 is 5.73 Å². The Labute approximate surface area is 77.9 Å². The number of nitrogens with one attached hydrogen (secondary N) is 1. The van der Waals surface area contributed by atoms with Gasteiger partial charge in [0.2, 0.25) is 0 Å². The maximum atomic E-state index is 7.11. The number of nitrogens with zero attached hydrogens (tertiary/aromatic N) is 2. The van der Waals surface area contributed by atoms with E-state index in [1.54, 1.807) is 6.20 Å². The van der Waals surface area contributed by atoms with Gasteiger partial charge in [-0.1, -0.05) is 6.07 Å². The Morgan fingerprint density at radius 1 is 1.62 bits per heavy atom. The van der Waals surface area contributed by atoms with Crippen LogP contribution in [0.2, 0.25) is 0 Å². The van der Waals surface area contributed by atoms with Crippen LogP contribution in [-0.4, -0.2) is 29.3 Å². The summed E-state index contributed by atoms with van der Waals surface area (Å²) in [5.41, 5.74) is 6.26. The molecule has 1 heterocycles. The predicted molar refractivity (Wildman–Crippen MR) is 52.5 cm³/mol. The van der Waals surface area contributed by atoms with Crippen molar-refractivity contribution in [3.8, 4) is 0 Å². The van der Waals surface area contributed by atoms with E-state index >= 15 is 0 Å². The van der Waals surface area contributed by atoms with E-state index in [0.717, 1.165) is 12.2 Å². The number of rotatable bonds is 4. The normalized spacial score (nSPS) is 10.3. The van der Waals surface area contributed by atoms with Crippen LogP contribution in [0.15, 0.2) is 24.4 Å². The predicted octanol–water partition coefficient (Wildman–Crippen LogP) is 0.449. The quantitative estimate of drug-likeness (QED) is 0.519. The molecule has 0 amide bonds. The molecular weight excluding hydrogens is 164 g/mol. The van der Waals surface area contributed by atoms with E-state index in [9.17, 15) is 0 Å². The fraction of sp³-hybridized carbons (Fsp3) is 0.333. The SMILES string of the molecule is CN(CC(=N)N)Cc1ccccn1. The van der Waals surface area contributed by atoms with Gasteiger partial charge in [0.1, 0.15) is 5.84 Å². The molecule has 3 N–H and O–H groups in total. The lowest BCUT2D eigenvalue weighted by atomic mass is 10.3. The summed E-state index contributed by atoms with van der Waals surface area (Å²) in [7, 11) is 1.91. The molecule has 0 spiro atoms. The summed E-state index contributed by atoms with van der Waals surface area (Å²) >= 11 is 0. The third kappa shape index (κ3) is 3.66. The largest absolute Gasteiger partial charge is 0.387 e. The molecular formula is C9H14N4. The Bertz CT molecular complexity index is 270. The summed E-state index contributed by atoms with van der Waals surface area (Å²) in [4.78, 5) is 6.12. The Hall–Kier alpha value is -1.42. The van der Waals surface area contributed by atoms with E-state index in [2.05, 4.69) is 4.98 Å². The third-order valence-electron chi connectivity index (χ3n) is 1.60. The van der Waals surface area contributed by atoms with Gasteiger partial charge in [-0.3, -0.25) is 15.3 Å². The van der Waals surface area contributed by atoms with Crippen molar-refractivity contribution in [2.45, 2.75) is 6.54 Å². The first-order valence-electron chi connectivity index (χ1n) is 4.10. The average Bonchev–Trinajstić information content (AvgIpc) is 2.04. The zero-order valence-electron chi connectivity index (χ0n) is 7.70. The van der Waals surface area contributed by atoms with Crippen LogP contribution in [0.3, 0.4) is 0 Å². The molecule has 0 aromatic carbocycles. The second kappa shape index (κ2) is 4.57. The molecule has 0 aliphatic heterocycles. The van der Waals surface area contributed by atoms with Crippen LogP contribution in [0.1, 0.15) is 5.69 Å². The van der Waals surface area contributed by atoms with Crippen molar-refractivity contribution in [3.05, 3.63) is 30.1 Å². The van der Waals surface area contributed by atoms with Gasteiger partial charge in [0.05, 0.1) is 12.2 Å². The number of hydrogen-bond donors (Lipinski definition) is 2. The molecule has 0 radical (unpaired) electrons. The highest BCUT2D eigenvalue weighted by atomic mass is 15.1. The highest BCUT2D eigenvalue weighted by Gasteiger charge is 2.01. The second-order valence-corrected chi connectivity index (χ2v) is 3.02. The van der Waals surface area contributed by atoms with E-state index in [1.807, 2.05) is 30.1 Å². The van der Waals surface area contributed by atoms with Gasteiger partial charge < -0.3 is 5.73 Å². The summed E-state index contributed by atoms with van der Waals surface area (Å²) < 4.78 is 0. The number of aromatic nitrogens is 1. The summed E-state index contributed by atoms with van der Waals surface area (Å²) in [5, 5.41) is 7.11. The highest BCUT2D eigenvalue weighted by molar-refractivity contribution is 5.78. The zero-order valence-corrected chi connectivity index (χ0v) is 7.70. The molecule has 1 rings (SSSR count). The maximum absolute atomic E-state index is 7.11. The maximum Gasteiger partial charge on any atom is 0.105 e. The van der Waals surface area contributed by atoms with Gasteiger partial charge in [0, 0.05) is 12.7 Å². The van der Waals surface area contributed by atoms with Gasteiger partial charge in [-0.2, -0.15) is 0 Å². The molecule has 0 unspecified atom stereocenters. The molecule has 0 bridgehead atoms. The van der Waals surface area contributed by atoms with Gasteiger partial charge in [0.15, 0.2) is 0 Å². The van der Waals surface area contributed by atoms with E-state index in [0.29, 0.717) is 6.54 Å². The minimum atomic E-state index is 0.179. The van der Waals surface area contributed by atoms with Gasteiger partial charge in [0.25, 0.3) is 0 Å². The lowest BCUT2D eigenvalue weighted by Gasteiger charge is -2.14. The van der Waals surface area contributed by atoms with E-state index in [4.69, 9.17) is 11.1 Å². The molecule has 4 nitrogen and oxygen atoms in total. The minimum absolute atomic E-state index is 0.179. The van der Waals surface area contributed by atoms with Crippen LogP contribution in [0, 0.1) is 5.41 Å². The van der Waals surface area contributed by atoms with Crippen LogP contribution in [0.25, 0.3) is 0 Å². The number of amidine groups is 1. The number of hydrogen-bond acceptors (Lipinski definition) is 3. The number of likely N-dealkylation sites (N-methyl/N-ethyl adjacent to an activating group) is 1. The topological polar surface area (TPSA) is 66.0 Å². The number of pyridine rings is 1. The zero-order chi connectivity index (χ0) is 9.68. The molecule has 0 saturated carbocycles. The van der Waals surface area contributed by atoms with Crippen molar-refractivity contribution in [1.82, 2.24) is 9.88 Å². The first-order valence-corrected chi connectivity index (χ1v) is 4.10. The van der Waals surface area contributed by atoms with Crippen molar-refractivity contribution in [2.24, 2.45) is 5.73 Å². The standard InChI is InChI=1S/C9H14N4/c1-13(7-9(10)11)6-8-4-2-3-5-12-8/h2-5H,6-7H2,1H3,(H3,10,11). The smallest absolute Gasteiger partial charge is 0.105 e. The van der Waals surface area contributed by atoms with Crippen molar-refractivity contribution >= 4 is 5.84 Å².